The molecule has 1 heterocycles. The van der Waals surface area contributed by atoms with Crippen LogP contribution in [0.1, 0.15) is 38.2 Å². The molecule has 1 aromatic carbocycles. The van der Waals surface area contributed by atoms with E-state index in [4.69, 9.17) is 5.73 Å². The van der Waals surface area contributed by atoms with Gasteiger partial charge in [0.05, 0.1) is 0 Å². The first kappa shape index (κ1) is 15.0. The van der Waals surface area contributed by atoms with Crippen molar-refractivity contribution in [2.24, 2.45) is 11.7 Å². The third kappa shape index (κ3) is 3.59. The van der Waals surface area contributed by atoms with E-state index in [1.165, 1.54) is 36.0 Å². The van der Waals surface area contributed by atoms with Gasteiger partial charge < -0.3 is 10.6 Å². The molecular weight excluding hydrogens is 300 g/mol. The van der Waals surface area contributed by atoms with Crippen LogP contribution in [-0.2, 0) is 0 Å². The average Bonchev–Trinajstić information content (AvgIpc) is 2.42. The third-order valence-corrected chi connectivity index (χ3v) is 5.15. The minimum absolute atomic E-state index is 0.491. The van der Waals surface area contributed by atoms with Crippen molar-refractivity contribution < 1.29 is 0 Å². The maximum Gasteiger partial charge on any atom is 0.0210 e. The van der Waals surface area contributed by atoms with Crippen molar-refractivity contribution in [2.75, 3.05) is 19.6 Å². The summed E-state index contributed by atoms with van der Waals surface area (Å²) in [5.74, 6) is 1.21. The Morgan fingerprint density at radius 3 is 2.42 bits per heavy atom. The van der Waals surface area contributed by atoms with Gasteiger partial charge in [0, 0.05) is 16.4 Å². The molecule has 106 valence electrons. The summed E-state index contributed by atoms with van der Waals surface area (Å²) >= 11 is 3.67. The number of hydrogen-bond acceptors (Lipinski definition) is 2. The molecule has 0 spiro atoms. The quantitative estimate of drug-likeness (QED) is 0.916. The summed E-state index contributed by atoms with van der Waals surface area (Å²) < 4.78 is 1.21. The van der Waals surface area contributed by atoms with E-state index in [1.54, 1.807) is 0 Å². The molecule has 1 unspecified atom stereocenters. The molecule has 0 aromatic heterocycles. The van der Waals surface area contributed by atoms with Crippen molar-refractivity contribution in [1.82, 2.24) is 4.90 Å². The van der Waals surface area contributed by atoms with Crippen LogP contribution in [0.2, 0.25) is 0 Å². The molecule has 3 heteroatoms. The Hall–Kier alpha value is -0.380. The maximum atomic E-state index is 6.06. The van der Waals surface area contributed by atoms with Crippen molar-refractivity contribution in [3.05, 3.63) is 34.3 Å². The lowest BCUT2D eigenvalue weighted by Crippen LogP contribution is -2.40. The molecule has 0 aliphatic carbocycles. The van der Waals surface area contributed by atoms with Crippen LogP contribution in [0.3, 0.4) is 0 Å². The summed E-state index contributed by atoms with van der Waals surface area (Å²) in [6, 6.07) is 9.20. The number of likely N-dealkylation sites (tertiary alicyclic amines) is 1. The number of halogens is 1. The van der Waals surface area contributed by atoms with E-state index in [0.29, 0.717) is 12.0 Å². The molecule has 1 aliphatic rings. The SMILES string of the molecule is CC(C)N1CCC(C(CN)c2ccccc2Br)CC1. The molecular formula is C16H25BrN2. The monoisotopic (exact) mass is 324 g/mol. The Balaban J connectivity index is 2.06. The highest BCUT2D eigenvalue weighted by molar-refractivity contribution is 9.10. The Morgan fingerprint density at radius 1 is 1.26 bits per heavy atom. The molecule has 2 rings (SSSR count). The Bertz CT molecular complexity index is 397. The molecule has 0 saturated carbocycles. The van der Waals surface area contributed by atoms with Gasteiger partial charge in [0.1, 0.15) is 0 Å². The number of nitrogens with two attached hydrogens (primary N) is 1. The first-order chi connectivity index (χ1) is 9.13. The van der Waals surface area contributed by atoms with E-state index in [1.807, 2.05) is 0 Å². The lowest BCUT2D eigenvalue weighted by atomic mass is 9.80. The summed E-state index contributed by atoms with van der Waals surface area (Å²) in [6.45, 7) is 7.74. The molecule has 0 amide bonds. The fourth-order valence-electron chi connectivity index (χ4n) is 3.19. The van der Waals surface area contributed by atoms with Gasteiger partial charge in [0.2, 0.25) is 0 Å². The van der Waals surface area contributed by atoms with Crippen LogP contribution < -0.4 is 5.73 Å². The van der Waals surface area contributed by atoms with Crippen LogP contribution in [0.5, 0.6) is 0 Å². The zero-order chi connectivity index (χ0) is 13.8. The van der Waals surface area contributed by atoms with Gasteiger partial charge in [0.15, 0.2) is 0 Å². The van der Waals surface area contributed by atoms with E-state index in [-0.39, 0.29) is 0 Å². The number of benzene rings is 1. The topological polar surface area (TPSA) is 29.3 Å². The normalized spacial score (nSPS) is 19.8. The second-order valence-corrected chi connectivity index (χ2v) is 6.69. The summed E-state index contributed by atoms with van der Waals surface area (Å²) in [4.78, 5) is 2.57. The van der Waals surface area contributed by atoms with Crippen molar-refractivity contribution >= 4 is 15.9 Å². The van der Waals surface area contributed by atoms with Crippen LogP contribution in [0.25, 0.3) is 0 Å². The maximum absolute atomic E-state index is 6.06. The molecule has 2 nitrogen and oxygen atoms in total. The van der Waals surface area contributed by atoms with Crippen molar-refractivity contribution in [1.29, 1.82) is 0 Å². The Morgan fingerprint density at radius 2 is 1.89 bits per heavy atom. The van der Waals surface area contributed by atoms with Crippen LogP contribution >= 0.6 is 15.9 Å². The fraction of sp³-hybridized carbons (Fsp3) is 0.625. The predicted molar refractivity (Wildman–Crippen MR) is 85.4 cm³/mol. The Kier molecular flexibility index (Phi) is 5.43. The van der Waals surface area contributed by atoms with Gasteiger partial charge in [-0.1, -0.05) is 34.1 Å². The van der Waals surface area contributed by atoms with E-state index >= 15 is 0 Å². The summed E-state index contributed by atoms with van der Waals surface area (Å²) in [7, 11) is 0. The van der Waals surface area contributed by atoms with Crippen LogP contribution in [-0.4, -0.2) is 30.6 Å². The van der Waals surface area contributed by atoms with Crippen LogP contribution in [0, 0.1) is 5.92 Å². The predicted octanol–water partition coefficient (Wildman–Crippen LogP) is 3.61. The van der Waals surface area contributed by atoms with E-state index in [9.17, 15) is 0 Å². The molecule has 1 atom stereocenters. The first-order valence-corrected chi connectivity index (χ1v) is 8.11. The highest BCUT2D eigenvalue weighted by Gasteiger charge is 2.28. The van der Waals surface area contributed by atoms with Gasteiger partial charge in [-0.05, 0) is 63.9 Å². The summed E-state index contributed by atoms with van der Waals surface area (Å²) in [5, 5.41) is 0. The molecule has 2 N–H and O–H groups in total. The van der Waals surface area contributed by atoms with Crippen molar-refractivity contribution in [3.8, 4) is 0 Å². The average molecular weight is 325 g/mol. The lowest BCUT2D eigenvalue weighted by molar-refractivity contribution is 0.138. The van der Waals surface area contributed by atoms with Crippen molar-refractivity contribution in [2.45, 2.75) is 38.6 Å². The van der Waals surface area contributed by atoms with E-state index in [0.717, 1.165) is 12.5 Å². The van der Waals surface area contributed by atoms with Crippen LogP contribution in [0.4, 0.5) is 0 Å². The van der Waals surface area contributed by atoms with Gasteiger partial charge in [-0.15, -0.1) is 0 Å². The molecule has 1 fully saturated rings. The van der Waals surface area contributed by atoms with Gasteiger partial charge in [-0.3, -0.25) is 0 Å². The van der Waals surface area contributed by atoms with Crippen LogP contribution in [0.15, 0.2) is 28.7 Å². The summed E-state index contributed by atoms with van der Waals surface area (Å²) in [5.41, 5.74) is 7.45. The van der Waals surface area contributed by atoms with E-state index in [2.05, 4.69) is 58.9 Å². The molecule has 1 saturated heterocycles. The molecule has 1 aliphatic heterocycles. The van der Waals surface area contributed by atoms with Crippen molar-refractivity contribution in [3.63, 3.8) is 0 Å². The van der Waals surface area contributed by atoms with Gasteiger partial charge >= 0.3 is 0 Å². The Labute approximate surface area is 125 Å². The number of piperidine rings is 1. The molecule has 0 bridgehead atoms. The van der Waals surface area contributed by atoms with Gasteiger partial charge in [0.25, 0.3) is 0 Å². The lowest BCUT2D eigenvalue weighted by Gasteiger charge is -2.38. The first-order valence-electron chi connectivity index (χ1n) is 7.32. The second kappa shape index (κ2) is 6.87. The second-order valence-electron chi connectivity index (χ2n) is 5.83. The number of rotatable bonds is 4. The number of nitrogens with zero attached hydrogens (tertiary/aromatic N) is 1. The zero-order valence-electron chi connectivity index (χ0n) is 12.0. The smallest absolute Gasteiger partial charge is 0.0210 e. The zero-order valence-corrected chi connectivity index (χ0v) is 13.6. The highest BCUT2D eigenvalue weighted by Crippen LogP contribution is 2.35. The minimum atomic E-state index is 0.491. The fourth-order valence-corrected chi connectivity index (χ4v) is 3.77. The van der Waals surface area contributed by atoms with Gasteiger partial charge in [-0.2, -0.15) is 0 Å². The standard InChI is InChI=1S/C16H25BrN2/c1-12(2)19-9-7-13(8-10-19)15(11-18)14-5-3-4-6-16(14)17/h3-6,12-13,15H,7-11,18H2,1-2H3. The largest absolute Gasteiger partial charge is 0.330 e. The molecule has 0 radical (unpaired) electrons. The molecule has 19 heavy (non-hydrogen) atoms. The highest BCUT2D eigenvalue weighted by atomic mass is 79.9. The summed E-state index contributed by atoms with van der Waals surface area (Å²) in [6.07, 6.45) is 2.53. The minimum Gasteiger partial charge on any atom is -0.330 e. The number of hydrogen-bond donors (Lipinski definition) is 1. The third-order valence-electron chi connectivity index (χ3n) is 4.43. The molecule has 1 aromatic rings. The van der Waals surface area contributed by atoms with Gasteiger partial charge in [-0.25, -0.2) is 0 Å². The van der Waals surface area contributed by atoms with E-state index < -0.39 is 0 Å².